The predicted octanol–water partition coefficient (Wildman–Crippen LogP) is 2.21. The topological polar surface area (TPSA) is 43.0 Å². The molecule has 2 aromatic heterocycles. The van der Waals surface area contributed by atoms with Gasteiger partial charge in [0.1, 0.15) is 5.76 Å². The van der Waals surface area contributed by atoms with E-state index in [-0.39, 0.29) is 12.4 Å². The summed E-state index contributed by atoms with van der Waals surface area (Å²) in [7, 11) is 0. The van der Waals surface area contributed by atoms with E-state index in [1.165, 1.54) is 0 Å². The molecule has 0 aromatic carbocycles. The zero-order chi connectivity index (χ0) is 10.5. The second-order valence-corrected chi connectivity index (χ2v) is 3.35. The summed E-state index contributed by atoms with van der Waals surface area (Å²) in [4.78, 5) is 0. The van der Waals surface area contributed by atoms with Crippen molar-refractivity contribution in [3.05, 3.63) is 42.1 Å². The maximum atomic E-state index is 5.21. The third-order valence-electron chi connectivity index (χ3n) is 2.21. The number of rotatable bonds is 5. The third kappa shape index (κ3) is 3.40. The average Bonchev–Trinajstić information content (AvgIpc) is 2.88. The molecule has 0 aliphatic rings. The van der Waals surface area contributed by atoms with Crippen LogP contribution in [0.2, 0.25) is 0 Å². The zero-order valence-electron chi connectivity index (χ0n) is 9.22. The molecule has 4 nitrogen and oxygen atoms in total. The number of furan rings is 1. The molecule has 0 saturated carbocycles. The van der Waals surface area contributed by atoms with Gasteiger partial charge < -0.3 is 9.73 Å². The van der Waals surface area contributed by atoms with Gasteiger partial charge in [0.15, 0.2) is 0 Å². The van der Waals surface area contributed by atoms with Crippen molar-refractivity contribution in [3.8, 4) is 0 Å². The number of hydrogen-bond acceptors (Lipinski definition) is 3. The van der Waals surface area contributed by atoms with Gasteiger partial charge in [0.25, 0.3) is 0 Å². The maximum Gasteiger partial charge on any atom is 0.117 e. The Hall–Kier alpha value is -1.26. The van der Waals surface area contributed by atoms with Crippen LogP contribution in [-0.4, -0.2) is 9.78 Å². The lowest BCUT2D eigenvalue weighted by molar-refractivity contribution is 0.480. The fourth-order valence-electron chi connectivity index (χ4n) is 1.40. The number of nitrogens with zero attached hydrogens (tertiary/aromatic N) is 2. The standard InChI is InChI=1S/C11H15N3O.ClH/c1-2-14-6-5-10(13-14)8-12-9-11-4-3-7-15-11;/h3-7,12H,2,8-9H2,1H3;1H. The molecule has 0 saturated heterocycles. The Labute approximate surface area is 101 Å². The average molecular weight is 242 g/mol. The maximum absolute atomic E-state index is 5.21. The fraction of sp³-hybridized carbons (Fsp3) is 0.364. The molecule has 0 radical (unpaired) electrons. The summed E-state index contributed by atoms with van der Waals surface area (Å²) in [6.07, 6.45) is 3.67. The molecule has 0 fully saturated rings. The Morgan fingerprint density at radius 1 is 1.38 bits per heavy atom. The largest absolute Gasteiger partial charge is 0.468 e. The molecule has 0 unspecified atom stereocenters. The lowest BCUT2D eigenvalue weighted by atomic mass is 10.4. The summed E-state index contributed by atoms with van der Waals surface area (Å²) in [5, 5.41) is 7.64. The monoisotopic (exact) mass is 241 g/mol. The fourth-order valence-corrected chi connectivity index (χ4v) is 1.40. The Bertz CT molecular complexity index is 397. The highest BCUT2D eigenvalue weighted by atomic mass is 35.5. The second-order valence-electron chi connectivity index (χ2n) is 3.35. The van der Waals surface area contributed by atoms with Crippen LogP contribution < -0.4 is 5.32 Å². The number of aryl methyl sites for hydroxylation is 1. The quantitative estimate of drug-likeness (QED) is 0.873. The molecule has 0 atom stereocenters. The van der Waals surface area contributed by atoms with E-state index in [0.717, 1.165) is 31.1 Å². The molecule has 16 heavy (non-hydrogen) atoms. The summed E-state index contributed by atoms with van der Waals surface area (Å²) in [5.74, 6) is 0.949. The Kier molecular flexibility index (Phi) is 5.08. The normalized spacial score (nSPS) is 10.1. The van der Waals surface area contributed by atoms with Crippen molar-refractivity contribution in [2.24, 2.45) is 0 Å². The van der Waals surface area contributed by atoms with E-state index in [2.05, 4.69) is 17.3 Å². The highest BCUT2D eigenvalue weighted by Crippen LogP contribution is 2.00. The van der Waals surface area contributed by atoms with Crippen molar-refractivity contribution < 1.29 is 4.42 Å². The van der Waals surface area contributed by atoms with Crippen LogP contribution in [0.15, 0.2) is 35.1 Å². The number of aromatic nitrogens is 2. The summed E-state index contributed by atoms with van der Waals surface area (Å²) < 4.78 is 7.13. The van der Waals surface area contributed by atoms with Gasteiger partial charge in [-0.3, -0.25) is 4.68 Å². The van der Waals surface area contributed by atoms with Crippen molar-refractivity contribution in [3.63, 3.8) is 0 Å². The molecule has 0 aliphatic heterocycles. The van der Waals surface area contributed by atoms with E-state index in [4.69, 9.17) is 4.42 Å². The molecular weight excluding hydrogens is 226 g/mol. The molecule has 5 heteroatoms. The van der Waals surface area contributed by atoms with Gasteiger partial charge in [-0.15, -0.1) is 12.4 Å². The second kappa shape index (κ2) is 6.35. The van der Waals surface area contributed by atoms with Crippen LogP contribution >= 0.6 is 12.4 Å². The van der Waals surface area contributed by atoms with Crippen LogP contribution in [0.5, 0.6) is 0 Å². The Balaban J connectivity index is 0.00000128. The van der Waals surface area contributed by atoms with Gasteiger partial charge in [0, 0.05) is 19.3 Å². The first-order valence-corrected chi connectivity index (χ1v) is 5.14. The van der Waals surface area contributed by atoms with E-state index in [9.17, 15) is 0 Å². The van der Waals surface area contributed by atoms with Crippen LogP contribution in [0.25, 0.3) is 0 Å². The minimum absolute atomic E-state index is 0. The van der Waals surface area contributed by atoms with E-state index in [0.29, 0.717) is 0 Å². The first kappa shape index (κ1) is 12.8. The van der Waals surface area contributed by atoms with Gasteiger partial charge in [-0.25, -0.2) is 0 Å². The molecule has 88 valence electrons. The summed E-state index contributed by atoms with van der Waals surface area (Å²) in [5.41, 5.74) is 1.06. The summed E-state index contributed by atoms with van der Waals surface area (Å²) in [6.45, 7) is 4.50. The zero-order valence-corrected chi connectivity index (χ0v) is 10.0. The Morgan fingerprint density at radius 3 is 2.88 bits per heavy atom. The van der Waals surface area contributed by atoms with Crippen LogP contribution in [0.4, 0.5) is 0 Å². The van der Waals surface area contributed by atoms with Gasteiger partial charge in [-0.05, 0) is 25.1 Å². The van der Waals surface area contributed by atoms with E-state index in [1.54, 1.807) is 6.26 Å². The smallest absolute Gasteiger partial charge is 0.117 e. The summed E-state index contributed by atoms with van der Waals surface area (Å²) in [6, 6.07) is 5.87. The first-order chi connectivity index (χ1) is 7.38. The van der Waals surface area contributed by atoms with Crippen molar-refractivity contribution in [1.82, 2.24) is 15.1 Å². The SMILES string of the molecule is CCn1ccc(CNCc2ccco2)n1.Cl. The van der Waals surface area contributed by atoms with Gasteiger partial charge in [-0.2, -0.15) is 5.10 Å². The molecule has 0 amide bonds. The molecule has 0 spiro atoms. The van der Waals surface area contributed by atoms with Gasteiger partial charge in [0.2, 0.25) is 0 Å². The first-order valence-electron chi connectivity index (χ1n) is 5.14. The van der Waals surface area contributed by atoms with Crippen LogP contribution in [0.1, 0.15) is 18.4 Å². The lowest BCUT2D eigenvalue weighted by Crippen LogP contribution is -2.12. The lowest BCUT2D eigenvalue weighted by Gasteiger charge is -1.99. The summed E-state index contributed by atoms with van der Waals surface area (Å²) >= 11 is 0. The van der Waals surface area contributed by atoms with Crippen molar-refractivity contribution in [2.45, 2.75) is 26.6 Å². The van der Waals surface area contributed by atoms with E-state index in [1.807, 2.05) is 29.1 Å². The highest BCUT2D eigenvalue weighted by molar-refractivity contribution is 5.85. The molecule has 2 rings (SSSR count). The molecule has 1 N–H and O–H groups in total. The van der Waals surface area contributed by atoms with Crippen molar-refractivity contribution in [2.75, 3.05) is 0 Å². The Morgan fingerprint density at radius 2 is 2.25 bits per heavy atom. The van der Waals surface area contributed by atoms with Gasteiger partial charge in [0.05, 0.1) is 18.5 Å². The van der Waals surface area contributed by atoms with Gasteiger partial charge >= 0.3 is 0 Å². The van der Waals surface area contributed by atoms with E-state index < -0.39 is 0 Å². The van der Waals surface area contributed by atoms with Crippen molar-refractivity contribution in [1.29, 1.82) is 0 Å². The van der Waals surface area contributed by atoms with Crippen LogP contribution in [0.3, 0.4) is 0 Å². The highest BCUT2D eigenvalue weighted by Gasteiger charge is 1.98. The number of nitrogens with one attached hydrogen (secondary N) is 1. The van der Waals surface area contributed by atoms with Crippen molar-refractivity contribution >= 4 is 12.4 Å². The minimum atomic E-state index is 0. The number of hydrogen-bond donors (Lipinski definition) is 1. The molecular formula is C11H16ClN3O. The van der Waals surface area contributed by atoms with Crippen LogP contribution in [0, 0.1) is 0 Å². The number of halogens is 1. The van der Waals surface area contributed by atoms with Crippen LogP contribution in [-0.2, 0) is 19.6 Å². The minimum Gasteiger partial charge on any atom is -0.468 e. The molecule has 2 aromatic rings. The molecule has 2 heterocycles. The molecule has 0 bridgehead atoms. The van der Waals surface area contributed by atoms with Gasteiger partial charge in [-0.1, -0.05) is 0 Å². The molecule has 0 aliphatic carbocycles. The van der Waals surface area contributed by atoms with E-state index >= 15 is 0 Å². The predicted molar refractivity (Wildman–Crippen MR) is 64.4 cm³/mol. The third-order valence-corrected chi connectivity index (χ3v) is 2.21.